The molecule has 0 saturated heterocycles. The first-order valence-corrected chi connectivity index (χ1v) is 5.35. The van der Waals surface area contributed by atoms with Gasteiger partial charge in [0.2, 0.25) is 0 Å². The lowest BCUT2D eigenvalue weighted by molar-refractivity contribution is 0.0766. The Kier molecular flexibility index (Phi) is 5.31. The van der Waals surface area contributed by atoms with E-state index >= 15 is 0 Å². The second-order valence-corrected chi connectivity index (χ2v) is 3.60. The van der Waals surface area contributed by atoms with Crippen molar-refractivity contribution in [3.8, 4) is 11.8 Å². The van der Waals surface area contributed by atoms with Crippen molar-refractivity contribution in [2.24, 2.45) is 0 Å². The van der Waals surface area contributed by atoms with Crippen LogP contribution in [0.1, 0.15) is 15.9 Å². The van der Waals surface area contributed by atoms with Crippen molar-refractivity contribution in [1.82, 2.24) is 4.90 Å². The molecule has 96 valence electrons. The summed E-state index contributed by atoms with van der Waals surface area (Å²) in [6, 6.07) is 3.68. The number of aliphatic hydroxyl groups is 2. The van der Waals surface area contributed by atoms with Crippen molar-refractivity contribution < 1.29 is 19.4 Å². The highest BCUT2D eigenvalue weighted by Gasteiger charge is 2.15. The predicted molar refractivity (Wildman–Crippen MR) is 64.4 cm³/mol. The van der Waals surface area contributed by atoms with Crippen molar-refractivity contribution in [1.29, 1.82) is 0 Å². The van der Waals surface area contributed by atoms with Crippen molar-refractivity contribution in [2.45, 2.75) is 0 Å². The molecule has 0 spiro atoms. The van der Waals surface area contributed by atoms with E-state index in [0.29, 0.717) is 5.56 Å². The van der Waals surface area contributed by atoms with Crippen LogP contribution in [-0.4, -0.2) is 47.8 Å². The van der Waals surface area contributed by atoms with E-state index in [1.165, 1.54) is 24.1 Å². The summed E-state index contributed by atoms with van der Waals surface area (Å²) in [5.74, 6) is 4.04. The molecule has 0 aliphatic carbocycles. The minimum Gasteiger partial charge on any atom is -0.395 e. The minimum absolute atomic E-state index is 0.118. The Hall–Kier alpha value is -1.90. The Balaban J connectivity index is 3.12. The Morgan fingerprint density at radius 1 is 1.44 bits per heavy atom. The Bertz CT molecular complexity index is 491. The van der Waals surface area contributed by atoms with E-state index in [4.69, 9.17) is 10.2 Å². The number of hydrogen-bond donors (Lipinski definition) is 2. The fourth-order valence-electron chi connectivity index (χ4n) is 1.39. The van der Waals surface area contributed by atoms with Crippen molar-refractivity contribution in [3.05, 3.63) is 35.1 Å². The van der Waals surface area contributed by atoms with E-state index in [9.17, 15) is 9.18 Å². The first kappa shape index (κ1) is 14.2. The molecular weight excluding hydrogens is 237 g/mol. The SMILES string of the molecule is CN(CCO)C(=O)c1cc(F)ccc1C#CCO. The molecular formula is C13H14FNO3. The zero-order chi connectivity index (χ0) is 13.5. The molecule has 5 heteroatoms. The number of halogens is 1. The highest BCUT2D eigenvalue weighted by molar-refractivity contribution is 5.96. The largest absolute Gasteiger partial charge is 0.395 e. The molecule has 0 fully saturated rings. The number of carbonyl (C=O) groups is 1. The fourth-order valence-corrected chi connectivity index (χ4v) is 1.39. The number of hydrogen-bond acceptors (Lipinski definition) is 3. The minimum atomic E-state index is -0.537. The fraction of sp³-hybridized carbons (Fsp3) is 0.308. The summed E-state index contributed by atoms with van der Waals surface area (Å²) >= 11 is 0. The summed E-state index contributed by atoms with van der Waals surface area (Å²) in [5.41, 5.74) is 0.465. The second kappa shape index (κ2) is 6.74. The molecule has 0 unspecified atom stereocenters. The first-order chi connectivity index (χ1) is 8.60. The van der Waals surface area contributed by atoms with Gasteiger partial charge in [-0.25, -0.2) is 4.39 Å². The van der Waals surface area contributed by atoms with E-state index in [-0.39, 0.29) is 25.3 Å². The zero-order valence-electron chi connectivity index (χ0n) is 9.98. The third-order valence-corrected chi connectivity index (χ3v) is 2.30. The average Bonchev–Trinajstić information content (AvgIpc) is 2.36. The number of benzene rings is 1. The smallest absolute Gasteiger partial charge is 0.255 e. The summed E-state index contributed by atoms with van der Waals surface area (Å²) < 4.78 is 13.2. The molecule has 0 heterocycles. The lowest BCUT2D eigenvalue weighted by atomic mass is 10.1. The van der Waals surface area contributed by atoms with E-state index in [1.54, 1.807) is 0 Å². The summed E-state index contributed by atoms with van der Waals surface area (Å²) in [6.07, 6.45) is 0. The summed E-state index contributed by atoms with van der Waals surface area (Å²) in [5, 5.41) is 17.4. The van der Waals surface area contributed by atoms with Gasteiger partial charge in [-0.05, 0) is 18.2 Å². The lowest BCUT2D eigenvalue weighted by Gasteiger charge is -2.16. The van der Waals surface area contributed by atoms with E-state index in [1.807, 2.05) is 0 Å². The molecule has 18 heavy (non-hydrogen) atoms. The maximum Gasteiger partial charge on any atom is 0.255 e. The predicted octanol–water partition coefficient (Wildman–Crippen LogP) is 0.234. The van der Waals surface area contributed by atoms with Gasteiger partial charge in [0.25, 0.3) is 5.91 Å². The van der Waals surface area contributed by atoms with Gasteiger partial charge in [0.05, 0.1) is 12.2 Å². The van der Waals surface area contributed by atoms with Gasteiger partial charge in [-0.1, -0.05) is 11.8 Å². The number of rotatable bonds is 3. The molecule has 0 atom stereocenters. The highest BCUT2D eigenvalue weighted by atomic mass is 19.1. The van der Waals surface area contributed by atoms with E-state index in [0.717, 1.165) is 6.07 Å². The maximum absolute atomic E-state index is 13.2. The molecule has 0 aliphatic heterocycles. The van der Waals surface area contributed by atoms with Crippen LogP contribution in [0.4, 0.5) is 4.39 Å². The van der Waals surface area contributed by atoms with Gasteiger partial charge < -0.3 is 15.1 Å². The van der Waals surface area contributed by atoms with Crippen LogP contribution in [0, 0.1) is 17.7 Å². The number of aliphatic hydroxyl groups excluding tert-OH is 2. The zero-order valence-corrected chi connectivity index (χ0v) is 9.98. The van der Waals surface area contributed by atoms with Gasteiger partial charge >= 0.3 is 0 Å². The summed E-state index contributed by atoms with van der Waals surface area (Å²) in [6.45, 7) is -0.352. The molecule has 1 aromatic rings. The van der Waals surface area contributed by atoms with Crippen molar-refractivity contribution in [2.75, 3.05) is 26.8 Å². The molecule has 0 radical (unpaired) electrons. The molecule has 1 rings (SSSR count). The van der Waals surface area contributed by atoms with Gasteiger partial charge in [-0.15, -0.1) is 0 Å². The number of amides is 1. The van der Waals surface area contributed by atoms with Gasteiger partial charge in [0.15, 0.2) is 0 Å². The quantitative estimate of drug-likeness (QED) is 0.756. The first-order valence-electron chi connectivity index (χ1n) is 5.35. The normalized spacial score (nSPS) is 9.56. The monoisotopic (exact) mass is 251 g/mol. The third kappa shape index (κ3) is 3.55. The molecule has 0 aromatic heterocycles. The second-order valence-electron chi connectivity index (χ2n) is 3.60. The maximum atomic E-state index is 13.2. The van der Waals surface area contributed by atoms with Gasteiger partial charge in [0, 0.05) is 19.2 Å². The van der Waals surface area contributed by atoms with Crippen LogP contribution in [0.15, 0.2) is 18.2 Å². The van der Waals surface area contributed by atoms with Crippen molar-refractivity contribution >= 4 is 5.91 Å². The average molecular weight is 251 g/mol. The third-order valence-electron chi connectivity index (χ3n) is 2.30. The van der Waals surface area contributed by atoms with Gasteiger partial charge in [-0.2, -0.15) is 0 Å². The van der Waals surface area contributed by atoms with Crippen LogP contribution in [0.5, 0.6) is 0 Å². The van der Waals surface area contributed by atoms with Crippen LogP contribution in [0.2, 0.25) is 0 Å². The highest BCUT2D eigenvalue weighted by Crippen LogP contribution is 2.12. The van der Waals surface area contributed by atoms with Crippen LogP contribution < -0.4 is 0 Å². The van der Waals surface area contributed by atoms with E-state index < -0.39 is 11.7 Å². The molecule has 1 amide bonds. The Morgan fingerprint density at radius 2 is 2.17 bits per heavy atom. The number of nitrogens with zero attached hydrogens (tertiary/aromatic N) is 1. The Morgan fingerprint density at radius 3 is 2.78 bits per heavy atom. The lowest BCUT2D eigenvalue weighted by Crippen LogP contribution is -2.30. The Labute approximate surface area is 105 Å². The van der Waals surface area contributed by atoms with E-state index in [2.05, 4.69) is 11.8 Å². The number of likely N-dealkylation sites (N-methyl/N-ethyl adjacent to an activating group) is 1. The molecule has 0 bridgehead atoms. The van der Waals surface area contributed by atoms with Crippen LogP contribution >= 0.6 is 0 Å². The van der Waals surface area contributed by atoms with Crippen LogP contribution in [-0.2, 0) is 0 Å². The standard InChI is InChI=1S/C13H14FNO3/c1-15(6-8-17)13(18)12-9-11(14)5-4-10(12)3-2-7-16/h4-5,9,16-17H,6-8H2,1H3. The molecule has 0 aliphatic rings. The van der Waals surface area contributed by atoms with Crippen LogP contribution in [0.3, 0.4) is 0 Å². The number of carbonyl (C=O) groups excluding carboxylic acids is 1. The molecule has 0 saturated carbocycles. The summed E-state index contributed by atoms with van der Waals surface area (Å²) in [7, 11) is 1.51. The molecule has 1 aromatic carbocycles. The topological polar surface area (TPSA) is 60.8 Å². The molecule has 4 nitrogen and oxygen atoms in total. The van der Waals surface area contributed by atoms with Crippen LogP contribution in [0.25, 0.3) is 0 Å². The molecule has 2 N–H and O–H groups in total. The van der Waals surface area contributed by atoms with Gasteiger partial charge in [-0.3, -0.25) is 4.79 Å². The van der Waals surface area contributed by atoms with Gasteiger partial charge in [0.1, 0.15) is 12.4 Å². The van der Waals surface area contributed by atoms with Crippen molar-refractivity contribution in [3.63, 3.8) is 0 Å². The summed E-state index contributed by atoms with van der Waals surface area (Å²) in [4.78, 5) is 13.3.